The van der Waals surface area contributed by atoms with Crippen LogP contribution in [0.15, 0.2) is 28.7 Å². The molecule has 18 heavy (non-hydrogen) atoms. The standard InChI is InChI=1S/C13H16IN3O/c1-13(2,3)15-8-11-16-17-12(18-11)9-6-4-5-7-10(9)14/h4-7,15H,8H2,1-3H3. The first-order valence-corrected chi connectivity index (χ1v) is 6.86. The molecule has 0 amide bonds. The average molecular weight is 357 g/mol. The molecular weight excluding hydrogens is 341 g/mol. The summed E-state index contributed by atoms with van der Waals surface area (Å²) in [5.74, 6) is 1.19. The van der Waals surface area contributed by atoms with Gasteiger partial charge in [0.2, 0.25) is 11.8 Å². The third-order valence-corrected chi connectivity index (χ3v) is 3.28. The van der Waals surface area contributed by atoms with Crippen LogP contribution < -0.4 is 5.32 Å². The van der Waals surface area contributed by atoms with Gasteiger partial charge in [0.15, 0.2) is 0 Å². The first-order chi connectivity index (χ1) is 8.46. The first kappa shape index (κ1) is 13.5. The van der Waals surface area contributed by atoms with E-state index in [1.54, 1.807) is 0 Å². The summed E-state index contributed by atoms with van der Waals surface area (Å²) >= 11 is 2.26. The van der Waals surface area contributed by atoms with Crippen LogP contribution in [0.25, 0.3) is 11.5 Å². The number of hydrogen-bond acceptors (Lipinski definition) is 4. The SMILES string of the molecule is CC(C)(C)NCc1nnc(-c2ccccc2I)o1. The van der Waals surface area contributed by atoms with Crippen molar-refractivity contribution in [2.75, 3.05) is 0 Å². The van der Waals surface area contributed by atoms with Crippen LogP contribution in [0.4, 0.5) is 0 Å². The van der Waals surface area contributed by atoms with Crippen LogP contribution in [0, 0.1) is 3.57 Å². The van der Waals surface area contributed by atoms with Gasteiger partial charge in [-0.2, -0.15) is 0 Å². The Morgan fingerprint density at radius 2 is 1.94 bits per heavy atom. The highest BCUT2D eigenvalue weighted by Crippen LogP contribution is 2.23. The smallest absolute Gasteiger partial charge is 0.248 e. The molecular formula is C13H16IN3O. The van der Waals surface area contributed by atoms with E-state index in [0.29, 0.717) is 18.3 Å². The van der Waals surface area contributed by atoms with Gasteiger partial charge in [0, 0.05) is 9.11 Å². The molecule has 0 aliphatic rings. The van der Waals surface area contributed by atoms with Crippen molar-refractivity contribution in [2.45, 2.75) is 32.9 Å². The molecule has 0 spiro atoms. The Bertz CT molecular complexity index is 531. The second-order valence-electron chi connectivity index (χ2n) is 5.08. The van der Waals surface area contributed by atoms with Crippen molar-refractivity contribution in [3.8, 4) is 11.5 Å². The lowest BCUT2D eigenvalue weighted by Crippen LogP contribution is -2.35. The van der Waals surface area contributed by atoms with E-state index >= 15 is 0 Å². The summed E-state index contributed by atoms with van der Waals surface area (Å²) in [4.78, 5) is 0. The third kappa shape index (κ3) is 3.52. The molecule has 1 N–H and O–H groups in total. The maximum Gasteiger partial charge on any atom is 0.248 e. The summed E-state index contributed by atoms with van der Waals surface area (Å²) in [7, 11) is 0. The van der Waals surface area contributed by atoms with Crippen LogP contribution in [0.5, 0.6) is 0 Å². The van der Waals surface area contributed by atoms with Gasteiger partial charge in [-0.1, -0.05) is 12.1 Å². The summed E-state index contributed by atoms with van der Waals surface area (Å²) in [5.41, 5.74) is 1.02. The van der Waals surface area contributed by atoms with Crippen LogP contribution in [-0.4, -0.2) is 15.7 Å². The molecule has 96 valence electrons. The Labute approximate surface area is 120 Å². The number of rotatable bonds is 3. The number of aromatic nitrogens is 2. The van der Waals surface area contributed by atoms with E-state index in [2.05, 4.69) is 58.9 Å². The quantitative estimate of drug-likeness (QED) is 0.857. The molecule has 4 nitrogen and oxygen atoms in total. The molecule has 2 aromatic rings. The normalized spacial score (nSPS) is 11.8. The van der Waals surface area contributed by atoms with E-state index in [1.807, 2.05) is 24.3 Å². The van der Waals surface area contributed by atoms with Crippen molar-refractivity contribution in [2.24, 2.45) is 0 Å². The van der Waals surface area contributed by atoms with Gasteiger partial charge >= 0.3 is 0 Å². The summed E-state index contributed by atoms with van der Waals surface area (Å²) < 4.78 is 6.76. The molecule has 0 aliphatic carbocycles. The fourth-order valence-electron chi connectivity index (χ4n) is 1.41. The molecule has 1 heterocycles. The van der Waals surface area contributed by atoms with Crippen LogP contribution in [0.1, 0.15) is 26.7 Å². The number of nitrogens with one attached hydrogen (secondary N) is 1. The predicted molar refractivity (Wildman–Crippen MR) is 79.0 cm³/mol. The van der Waals surface area contributed by atoms with Crippen molar-refractivity contribution in [1.82, 2.24) is 15.5 Å². The van der Waals surface area contributed by atoms with Crippen LogP contribution >= 0.6 is 22.6 Å². The van der Waals surface area contributed by atoms with Crippen LogP contribution in [0.2, 0.25) is 0 Å². The lowest BCUT2D eigenvalue weighted by Gasteiger charge is -2.18. The number of nitrogens with zero attached hydrogens (tertiary/aromatic N) is 2. The first-order valence-electron chi connectivity index (χ1n) is 5.78. The number of benzene rings is 1. The summed E-state index contributed by atoms with van der Waals surface area (Å²) in [5, 5.41) is 11.5. The molecule has 1 aromatic heterocycles. The summed E-state index contributed by atoms with van der Waals surface area (Å²) in [6.07, 6.45) is 0. The monoisotopic (exact) mass is 357 g/mol. The minimum atomic E-state index is 0.0375. The predicted octanol–water partition coefficient (Wildman–Crippen LogP) is 3.23. The highest BCUT2D eigenvalue weighted by molar-refractivity contribution is 14.1. The second kappa shape index (κ2) is 5.36. The van der Waals surface area contributed by atoms with Crippen LogP contribution in [-0.2, 0) is 6.54 Å². The lowest BCUT2D eigenvalue weighted by molar-refractivity contribution is 0.383. The van der Waals surface area contributed by atoms with Gasteiger partial charge in [-0.05, 0) is 55.5 Å². The minimum absolute atomic E-state index is 0.0375. The van der Waals surface area contributed by atoms with E-state index in [1.165, 1.54) is 0 Å². The lowest BCUT2D eigenvalue weighted by atomic mass is 10.1. The van der Waals surface area contributed by atoms with Crippen molar-refractivity contribution in [3.63, 3.8) is 0 Å². The summed E-state index contributed by atoms with van der Waals surface area (Å²) in [6.45, 7) is 6.89. The van der Waals surface area contributed by atoms with Gasteiger partial charge in [-0.25, -0.2) is 0 Å². The maximum absolute atomic E-state index is 5.66. The zero-order chi connectivity index (χ0) is 13.2. The van der Waals surface area contributed by atoms with Gasteiger partial charge in [-0.15, -0.1) is 10.2 Å². The molecule has 2 rings (SSSR count). The van der Waals surface area contributed by atoms with Crippen molar-refractivity contribution in [1.29, 1.82) is 0 Å². The van der Waals surface area contributed by atoms with Gasteiger partial charge < -0.3 is 9.73 Å². The van der Waals surface area contributed by atoms with Gasteiger partial charge in [-0.3, -0.25) is 0 Å². The highest BCUT2D eigenvalue weighted by atomic mass is 127. The number of halogens is 1. The second-order valence-corrected chi connectivity index (χ2v) is 6.25. The minimum Gasteiger partial charge on any atom is -0.419 e. The molecule has 1 aromatic carbocycles. The molecule has 0 aliphatic heterocycles. The number of hydrogen-bond donors (Lipinski definition) is 1. The molecule has 0 saturated carbocycles. The molecule has 5 heteroatoms. The average Bonchev–Trinajstić information content (AvgIpc) is 2.75. The largest absolute Gasteiger partial charge is 0.419 e. The van der Waals surface area contributed by atoms with Crippen LogP contribution in [0.3, 0.4) is 0 Å². The molecule has 0 saturated heterocycles. The van der Waals surface area contributed by atoms with Gasteiger partial charge in [0.05, 0.1) is 12.1 Å². The Balaban J connectivity index is 2.14. The van der Waals surface area contributed by atoms with E-state index in [9.17, 15) is 0 Å². The Morgan fingerprint density at radius 1 is 1.22 bits per heavy atom. The zero-order valence-corrected chi connectivity index (χ0v) is 12.9. The molecule has 0 fully saturated rings. The van der Waals surface area contributed by atoms with E-state index in [-0.39, 0.29) is 5.54 Å². The van der Waals surface area contributed by atoms with E-state index in [4.69, 9.17) is 4.42 Å². The molecule has 0 unspecified atom stereocenters. The molecule has 0 atom stereocenters. The van der Waals surface area contributed by atoms with Gasteiger partial charge in [0.1, 0.15) is 0 Å². The molecule has 0 radical (unpaired) electrons. The van der Waals surface area contributed by atoms with E-state index < -0.39 is 0 Å². The Morgan fingerprint density at radius 3 is 2.61 bits per heavy atom. The summed E-state index contributed by atoms with van der Waals surface area (Å²) in [6, 6.07) is 7.96. The fourth-order valence-corrected chi connectivity index (χ4v) is 2.03. The van der Waals surface area contributed by atoms with Crippen molar-refractivity contribution in [3.05, 3.63) is 33.7 Å². The van der Waals surface area contributed by atoms with Crippen molar-refractivity contribution < 1.29 is 4.42 Å². The molecule has 0 bridgehead atoms. The fraction of sp³-hybridized carbons (Fsp3) is 0.385. The zero-order valence-electron chi connectivity index (χ0n) is 10.7. The van der Waals surface area contributed by atoms with Gasteiger partial charge in [0.25, 0.3) is 0 Å². The Hall–Kier alpha value is -0.950. The highest BCUT2D eigenvalue weighted by Gasteiger charge is 2.14. The van der Waals surface area contributed by atoms with Crippen molar-refractivity contribution >= 4 is 22.6 Å². The maximum atomic E-state index is 5.66. The van der Waals surface area contributed by atoms with E-state index in [0.717, 1.165) is 9.13 Å². The topological polar surface area (TPSA) is 51.0 Å². The third-order valence-electron chi connectivity index (χ3n) is 2.34. The Kier molecular flexibility index (Phi) is 4.01.